The Morgan fingerprint density at radius 3 is 2.75 bits per heavy atom. The largest absolute Gasteiger partial charge is 0.392 e. The molecule has 0 aromatic heterocycles. The van der Waals surface area contributed by atoms with Crippen LogP contribution in [0, 0.1) is 0 Å². The summed E-state index contributed by atoms with van der Waals surface area (Å²) in [4.78, 5) is 0. The van der Waals surface area contributed by atoms with E-state index in [1.807, 2.05) is 13.0 Å². The van der Waals surface area contributed by atoms with E-state index >= 15 is 0 Å². The Morgan fingerprint density at radius 2 is 2.19 bits per heavy atom. The van der Waals surface area contributed by atoms with Crippen LogP contribution in [0.25, 0.3) is 0 Å². The molecule has 1 atom stereocenters. The molecule has 0 amide bonds. The van der Waals surface area contributed by atoms with Crippen molar-refractivity contribution in [1.82, 2.24) is 0 Å². The smallest absolute Gasteiger partial charge is 0.232 e. The first-order valence-corrected chi connectivity index (χ1v) is 7.00. The molecule has 1 aliphatic rings. The Morgan fingerprint density at radius 1 is 1.50 bits per heavy atom. The summed E-state index contributed by atoms with van der Waals surface area (Å²) in [5, 5.41) is 9.03. The Kier molecular flexibility index (Phi) is 2.67. The van der Waals surface area contributed by atoms with E-state index in [1.165, 1.54) is 10.6 Å². The molecular formula is C11H15NO3S. The second-order valence-corrected chi connectivity index (χ2v) is 6.09. The number of benzene rings is 1. The summed E-state index contributed by atoms with van der Waals surface area (Å²) in [5.74, 6) is 0. The van der Waals surface area contributed by atoms with Gasteiger partial charge in [-0.3, -0.25) is 4.31 Å². The van der Waals surface area contributed by atoms with Gasteiger partial charge in [-0.2, -0.15) is 0 Å². The summed E-state index contributed by atoms with van der Waals surface area (Å²) in [6, 6.07) is 5.36. The first kappa shape index (κ1) is 11.4. The lowest BCUT2D eigenvalue weighted by atomic mass is 10.1. The normalized spacial score (nSPS) is 19.9. The highest BCUT2D eigenvalue weighted by molar-refractivity contribution is 7.92. The lowest BCUT2D eigenvalue weighted by Gasteiger charge is -2.21. The lowest BCUT2D eigenvalue weighted by Crippen LogP contribution is -2.34. The molecule has 2 rings (SSSR count). The summed E-state index contributed by atoms with van der Waals surface area (Å²) >= 11 is 0. The van der Waals surface area contributed by atoms with Crippen molar-refractivity contribution in [2.75, 3.05) is 10.6 Å². The number of sulfonamides is 1. The molecule has 0 spiro atoms. The predicted molar refractivity (Wildman–Crippen MR) is 62.9 cm³/mol. The van der Waals surface area contributed by atoms with E-state index in [0.717, 1.165) is 16.8 Å². The molecule has 0 saturated heterocycles. The van der Waals surface area contributed by atoms with E-state index < -0.39 is 10.0 Å². The van der Waals surface area contributed by atoms with Gasteiger partial charge in [-0.05, 0) is 30.5 Å². The van der Waals surface area contributed by atoms with Gasteiger partial charge < -0.3 is 5.11 Å². The topological polar surface area (TPSA) is 57.6 Å². The monoisotopic (exact) mass is 241 g/mol. The van der Waals surface area contributed by atoms with E-state index in [2.05, 4.69) is 0 Å². The van der Waals surface area contributed by atoms with Crippen molar-refractivity contribution < 1.29 is 13.5 Å². The molecule has 1 aromatic rings. The zero-order valence-electron chi connectivity index (χ0n) is 9.34. The van der Waals surface area contributed by atoms with Crippen molar-refractivity contribution in [3.63, 3.8) is 0 Å². The van der Waals surface area contributed by atoms with Crippen LogP contribution in [0.3, 0.4) is 0 Å². The van der Waals surface area contributed by atoms with Crippen LogP contribution < -0.4 is 4.31 Å². The summed E-state index contributed by atoms with van der Waals surface area (Å²) in [6.45, 7) is 1.88. The van der Waals surface area contributed by atoms with Crippen LogP contribution in [0.15, 0.2) is 18.2 Å². The maximum absolute atomic E-state index is 11.6. The molecule has 0 bridgehead atoms. The van der Waals surface area contributed by atoms with Crippen molar-refractivity contribution in [3.05, 3.63) is 29.3 Å². The number of aliphatic hydroxyl groups excluding tert-OH is 1. The summed E-state index contributed by atoms with van der Waals surface area (Å²) in [6.07, 6.45) is 1.93. The van der Waals surface area contributed by atoms with E-state index in [4.69, 9.17) is 5.11 Å². The zero-order chi connectivity index (χ0) is 11.9. The molecule has 88 valence electrons. The number of hydrogen-bond acceptors (Lipinski definition) is 3. The van der Waals surface area contributed by atoms with Crippen molar-refractivity contribution in [2.45, 2.75) is 26.0 Å². The molecule has 1 aliphatic heterocycles. The summed E-state index contributed by atoms with van der Waals surface area (Å²) < 4.78 is 24.7. The van der Waals surface area contributed by atoms with E-state index in [1.54, 1.807) is 12.1 Å². The molecule has 0 saturated carbocycles. The fourth-order valence-corrected chi connectivity index (χ4v) is 3.52. The van der Waals surface area contributed by atoms with Crippen LogP contribution in [-0.2, 0) is 23.1 Å². The number of aliphatic hydroxyl groups is 1. The minimum Gasteiger partial charge on any atom is -0.392 e. The third-order valence-corrected chi connectivity index (χ3v) is 4.11. The zero-order valence-corrected chi connectivity index (χ0v) is 10.2. The van der Waals surface area contributed by atoms with Gasteiger partial charge in [0.2, 0.25) is 10.0 Å². The Bertz CT molecular complexity index is 510. The SMILES string of the molecule is CC1Cc2cc(CO)ccc2N1S(C)(=O)=O. The van der Waals surface area contributed by atoms with Crippen LogP contribution in [0.4, 0.5) is 5.69 Å². The van der Waals surface area contributed by atoms with Gasteiger partial charge in [0.25, 0.3) is 0 Å². The minimum atomic E-state index is -3.21. The van der Waals surface area contributed by atoms with Gasteiger partial charge in [-0.15, -0.1) is 0 Å². The third-order valence-electron chi connectivity index (χ3n) is 2.84. The molecular weight excluding hydrogens is 226 g/mol. The number of rotatable bonds is 2. The van der Waals surface area contributed by atoms with Gasteiger partial charge in [-0.1, -0.05) is 12.1 Å². The van der Waals surface area contributed by atoms with Gasteiger partial charge in [0.1, 0.15) is 0 Å². The van der Waals surface area contributed by atoms with Gasteiger partial charge in [0.15, 0.2) is 0 Å². The van der Waals surface area contributed by atoms with Crippen LogP contribution in [0.2, 0.25) is 0 Å². The standard InChI is InChI=1S/C11H15NO3S/c1-8-5-10-6-9(7-13)3-4-11(10)12(8)16(2,14)15/h3-4,6,8,13H,5,7H2,1-2H3. The highest BCUT2D eigenvalue weighted by Crippen LogP contribution is 2.34. The van der Waals surface area contributed by atoms with Crippen LogP contribution in [0.1, 0.15) is 18.1 Å². The summed E-state index contributed by atoms with van der Waals surface area (Å²) in [7, 11) is -3.21. The predicted octanol–water partition coefficient (Wildman–Crippen LogP) is 0.889. The van der Waals surface area contributed by atoms with Gasteiger partial charge in [-0.25, -0.2) is 8.42 Å². The third kappa shape index (κ3) is 1.81. The van der Waals surface area contributed by atoms with Crippen molar-refractivity contribution in [1.29, 1.82) is 0 Å². The van der Waals surface area contributed by atoms with Crippen LogP contribution in [0.5, 0.6) is 0 Å². The number of fused-ring (bicyclic) bond motifs is 1. The van der Waals surface area contributed by atoms with E-state index in [9.17, 15) is 8.42 Å². The Hall–Kier alpha value is -1.07. The molecule has 1 unspecified atom stereocenters. The Balaban J connectivity index is 2.51. The molecule has 16 heavy (non-hydrogen) atoms. The Labute approximate surface area is 95.6 Å². The van der Waals surface area contributed by atoms with Gasteiger partial charge in [0.05, 0.1) is 18.6 Å². The van der Waals surface area contributed by atoms with Gasteiger partial charge >= 0.3 is 0 Å². The van der Waals surface area contributed by atoms with Gasteiger partial charge in [0, 0.05) is 6.04 Å². The lowest BCUT2D eigenvalue weighted by molar-refractivity contribution is 0.282. The maximum Gasteiger partial charge on any atom is 0.232 e. The van der Waals surface area contributed by atoms with E-state index in [-0.39, 0.29) is 12.6 Å². The van der Waals surface area contributed by atoms with E-state index in [0.29, 0.717) is 6.42 Å². The quantitative estimate of drug-likeness (QED) is 0.836. The fourth-order valence-electron chi connectivity index (χ4n) is 2.26. The molecule has 0 radical (unpaired) electrons. The fraction of sp³-hybridized carbons (Fsp3) is 0.455. The average Bonchev–Trinajstić information content (AvgIpc) is 2.51. The first-order valence-electron chi connectivity index (χ1n) is 5.15. The molecule has 1 heterocycles. The number of nitrogens with zero attached hydrogens (tertiary/aromatic N) is 1. The molecule has 5 heteroatoms. The minimum absolute atomic E-state index is 0.0134. The summed E-state index contributed by atoms with van der Waals surface area (Å²) in [5.41, 5.74) is 2.55. The highest BCUT2D eigenvalue weighted by atomic mass is 32.2. The maximum atomic E-state index is 11.6. The number of hydrogen-bond donors (Lipinski definition) is 1. The second-order valence-electron chi connectivity index (χ2n) is 4.23. The molecule has 0 fully saturated rings. The molecule has 1 N–H and O–H groups in total. The van der Waals surface area contributed by atoms with Crippen molar-refractivity contribution in [2.24, 2.45) is 0 Å². The molecule has 4 nitrogen and oxygen atoms in total. The van der Waals surface area contributed by atoms with Crippen molar-refractivity contribution >= 4 is 15.7 Å². The highest BCUT2D eigenvalue weighted by Gasteiger charge is 2.32. The van der Waals surface area contributed by atoms with Crippen molar-refractivity contribution in [3.8, 4) is 0 Å². The number of anilines is 1. The molecule has 1 aromatic carbocycles. The average molecular weight is 241 g/mol. The van der Waals surface area contributed by atoms with Crippen LogP contribution in [-0.4, -0.2) is 25.8 Å². The second kappa shape index (κ2) is 3.75. The molecule has 0 aliphatic carbocycles. The first-order chi connectivity index (χ1) is 7.43. The van der Waals surface area contributed by atoms with Crippen LogP contribution >= 0.6 is 0 Å².